The fourth-order valence-electron chi connectivity index (χ4n) is 10.4. The normalized spacial score (nSPS) is 14.8. The van der Waals surface area contributed by atoms with Gasteiger partial charge in [0.15, 0.2) is 0 Å². The molecule has 0 saturated heterocycles. The number of cyclic esters (lactones) is 1. The molecule has 498 valence electrons. The van der Waals surface area contributed by atoms with E-state index in [-0.39, 0.29) is 106 Å². The van der Waals surface area contributed by atoms with Gasteiger partial charge < -0.3 is 66.0 Å². The second-order valence-corrected chi connectivity index (χ2v) is 26.8. The lowest BCUT2D eigenvalue weighted by Gasteiger charge is -2.35. The van der Waals surface area contributed by atoms with Gasteiger partial charge in [-0.05, 0) is 87.9 Å². The molecule has 0 aliphatic carbocycles. The summed E-state index contributed by atoms with van der Waals surface area (Å²) in [6.45, 7) is 4.70. The van der Waals surface area contributed by atoms with Gasteiger partial charge in [-0.1, -0.05) is 37.3 Å². The minimum absolute atomic E-state index is 0.0535. The van der Waals surface area contributed by atoms with Crippen LogP contribution in [0.1, 0.15) is 84.8 Å². The number of benzene rings is 2. The van der Waals surface area contributed by atoms with E-state index in [9.17, 15) is 50.4 Å². The average molecular weight is 1340 g/mol. The van der Waals surface area contributed by atoms with Gasteiger partial charge in [0, 0.05) is 82.8 Å². The summed E-state index contributed by atoms with van der Waals surface area (Å²) in [6, 6.07) is 14.0. The molecule has 33 heteroatoms. The number of nitrogens with two attached hydrogens (primary N) is 3. The number of para-hydroxylation sites is 1. The van der Waals surface area contributed by atoms with Gasteiger partial charge in [-0.2, -0.15) is 4.31 Å². The third kappa shape index (κ3) is 17.9. The molecular formula is C60H74N14O16S3. The van der Waals surface area contributed by atoms with E-state index < -0.39 is 86.0 Å². The van der Waals surface area contributed by atoms with Crippen LogP contribution < -0.4 is 44.1 Å². The van der Waals surface area contributed by atoms with Crippen molar-refractivity contribution in [3.8, 4) is 22.0 Å². The van der Waals surface area contributed by atoms with Gasteiger partial charge in [0.25, 0.3) is 11.5 Å². The molecule has 0 radical (unpaired) electrons. The first-order valence-electron chi connectivity index (χ1n) is 29.5. The minimum Gasteiger partial charge on any atom is -0.457 e. The molecule has 0 unspecified atom stereocenters. The highest BCUT2D eigenvalue weighted by Gasteiger charge is 2.51. The number of thiazole rings is 1. The number of ether oxygens (including phenoxy) is 5. The van der Waals surface area contributed by atoms with Crippen molar-refractivity contribution in [2.75, 3.05) is 77.0 Å². The molecule has 2 aliphatic heterocycles. The van der Waals surface area contributed by atoms with Crippen molar-refractivity contribution in [2.45, 2.75) is 95.5 Å². The summed E-state index contributed by atoms with van der Waals surface area (Å²) < 4.78 is 79.5. The Labute approximate surface area is 539 Å². The molecule has 0 spiro atoms. The van der Waals surface area contributed by atoms with Gasteiger partial charge in [-0.15, -0.1) is 11.3 Å². The van der Waals surface area contributed by atoms with E-state index in [1.54, 1.807) is 51.1 Å². The summed E-state index contributed by atoms with van der Waals surface area (Å²) in [5, 5.41) is 14.3. The lowest BCUT2D eigenvalue weighted by atomic mass is 9.85. The zero-order valence-corrected chi connectivity index (χ0v) is 54.2. The fraction of sp³-hybridized carbons (Fsp3) is 0.417. The maximum Gasteiger partial charge on any atom is 0.510 e. The standard InChI is InChI=1S/C60H74N14O16S3/c1-6-60(45-25-49-52-43(30-73(49)56(79)44(45)32-88-57(60)80)41(42-11-7-8-12-46(42)70-52)18-21-74(36(2)3)93(5,84)85)90-59(81)89-31-37-14-16-40(17-15-37)68-54(78)47(13-9-10-19-61)69-51(76)34-87-33-50(75)64-20-23-86-24-22-72(63)29-39(62)28-65-53(77)48-35-91-55(71-48)38-26-66-58(67-27-38)92(4,82)83/h7-8,11-12,14-17,25-27,29,35-36,47H,6,9-10,13,18-24,28,30-34,61-63H2,1-5H3,(H,64,75)(H,65,77)(H,68,78)(H,69,76)/b39-29-/t47-,60-/m0/s1. The smallest absolute Gasteiger partial charge is 0.457 e. The topological polar surface area (TPSA) is 423 Å². The fourth-order valence-corrected chi connectivity index (χ4v) is 12.8. The maximum atomic E-state index is 14.4. The third-order valence-electron chi connectivity index (χ3n) is 15.0. The van der Waals surface area contributed by atoms with Crippen LogP contribution in [0.2, 0.25) is 0 Å². The van der Waals surface area contributed by atoms with Crippen molar-refractivity contribution in [1.82, 2.24) is 49.8 Å². The number of sulfone groups is 1. The molecule has 2 aliphatic rings. The van der Waals surface area contributed by atoms with Crippen LogP contribution in [0.3, 0.4) is 0 Å². The zero-order valence-electron chi connectivity index (χ0n) is 51.8. The first kappa shape index (κ1) is 70.0. The van der Waals surface area contributed by atoms with Crippen molar-refractivity contribution in [1.29, 1.82) is 0 Å². The van der Waals surface area contributed by atoms with E-state index in [0.29, 0.717) is 64.5 Å². The Kier molecular flexibility index (Phi) is 23.5. The lowest BCUT2D eigenvalue weighted by Crippen LogP contribution is -2.47. The Morgan fingerprint density at radius 2 is 1.65 bits per heavy atom. The van der Waals surface area contributed by atoms with Crippen LogP contribution in [0.15, 0.2) is 94.2 Å². The number of carbonyl (C=O) groups excluding carboxylic acids is 6. The van der Waals surface area contributed by atoms with Gasteiger partial charge in [-0.25, -0.2) is 52.2 Å². The summed E-state index contributed by atoms with van der Waals surface area (Å²) >= 11 is 1.15. The van der Waals surface area contributed by atoms with E-state index in [1.165, 1.54) is 44.1 Å². The molecule has 6 heterocycles. The lowest BCUT2D eigenvalue weighted by molar-refractivity contribution is -0.175. The van der Waals surface area contributed by atoms with Crippen LogP contribution in [0.5, 0.6) is 0 Å². The SMILES string of the molecule is CC[C@@]1(OC(=O)OCc2ccc(NC(=O)[C@H](CCCCN)NC(=O)COCC(=O)NCCOCCN(N)/C=C(\N)CNC(=O)c3csc(-c4cnc(S(C)(=O)=O)nc4)n3)cc2)C(=O)OCc2c1cc1n(c2=O)Cc2c-1nc1ccccc1c2CCN(C(C)C)S(C)(=O)=O. The Morgan fingerprint density at radius 1 is 0.914 bits per heavy atom. The van der Waals surface area contributed by atoms with Gasteiger partial charge in [0.1, 0.15) is 43.2 Å². The van der Waals surface area contributed by atoms with Crippen molar-refractivity contribution in [3.05, 3.63) is 128 Å². The predicted molar refractivity (Wildman–Crippen MR) is 340 cm³/mol. The van der Waals surface area contributed by atoms with E-state index in [2.05, 4.69) is 36.2 Å². The highest BCUT2D eigenvalue weighted by molar-refractivity contribution is 7.90. The summed E-state index contributed by atoms with van der Waals surface area (Å²) in [6.07, 6.45) is 6.48. The average Bonchev–Trinajstić information content (AvgIpc) is 1.65. The molecule has 93 heavy (non-hydrogen) atoms. The van der Waals surface area contributed by atoms with Crippen LogP contribution in [0.25, 0.3) is 32.9 Å². The Bertz CT molecular complexity index is 4070. The van der Waals surface area contributed by atoms with Gasteiger partial charge >= 0.3 is 12.1 Å². The monoisotopic (exact) mass is 1340 g/mol. The highest BCUT2D eigenvalue weighted by Crippen LogP contribution is 2.42. The van der Waals surface area contributed by atoms with Crippen LogP contribution in [-0.4, -0.2) is 170 Å². The molecular weight excluding hydrogens is 1270 g/mol. The molecule has 0 fully saturated rings. The molecule has 4 amide bonds. The number of hydrazine groups is 1. The Morgan fingerprint density at radius 3 is 2.34 bits per heavy atom. The van der Waals surface area contributed by atoms with Crippen molar-refractivity contribution in [2.24, 2.45) is 17.3 Å². The van der Waals surface area contributed by atoms with E-state index >= 15 is 0 Å². The number of esters is 1. The van der Waals surface area contributed by atoms with Gasteiger partial charge in [0.05, 0.1) is 61.6 Å². The number of unbranched alkanes of at least 4 members (excludes halogenated alkanes) is 1. The van der Waals surface area contributed by atoms with E-state index in [0.717, 1.165) is 34.1 Å². The second kappa shape index (κ2) is 31.2. The molecule has 2 aromatic carbocycles. The number of nitrogens with zero attached hydrogens (tertiary/aromatic N) is 7. The molecule has 6 aromatic rings. The van der Waals surface area contributed by atoms with E-state index in [4.69, 9.17) is 46.0 Å². The Hall–Kier alpha value is -8.83. The van der Waals surface area contributed by atoms with Crippen LogP contribution >= 0.6 is 11.3 Å². The first-order chi connectivity index (χ1) is 44.3. The number of aromatic nitrogens is 5. The maximum absolute atomic E-state index is 14.4. The summed E-state index contributed by atoms with van der Waals surface area (Å²) in [5.41, 5.74) is 14.1. The number of sulfonamides is 1. The number of amides is 4. The number of nitrogens with one attached hydrogen (secondary N) is 4. The minimum atomic E-state index is -3.58. The number of fused-ring (bicyclic) bond motifs is 5. The quantitative estimate of drug-likeness (QED) is 0.0104. The summed E-state index contributed by atoms with van der Waals surface area (Å²) in [4.78, 5) is 110. The molecule has 2 atom stereocenters. The predicted octanol–water partition coefficient (Wildman–Crippen LogP) is 2.08. The first-order valence-corrected chi connectivity index (χ1v) is 34.1. The van der Waals surface area contributed by atoms with Gasteiger partial charge in [-0.3, -0.25) is 24.0 Å². The number of hydrogen-bond acceptors (Lipinski definition) is 25. The van der Waals surface area contributed by atoms with Crippen LogP contribution in [0.4, 0.5) is 10.5 Å². The second-order valence-electron chi connectivity index (χ2n) is 22.1. The van der Waals surface area contributed by atoms with Gasteiger partial charge in [0.2, 0.25) is 48.3 Å². The summed E-state index contributed by atoms with van der Waals surface area (Å²) in [7, 11) is -7.12. The van der Waals surface area contributed by atoms with Crippen LogP contribution in [-0.2, 0) is 94.5 Å². The number of rotatable bonds is 32. The van der Waals surface area contributed by atoms with Crippen molar-refractivity contribution >= 4 is 83.5 Å². The molecule has 10 N–H and O–H groups in total. The third-order valence-corrected chi connectivity index (χ3v) is 18.2. The highest BCUT2D eigenvalue weighted by atomic mass is 32.2. The summed E-state index contributed by atoms with van der Waals surface area (Å²) in [5.74, 6) is 2.86. The number of carbonyl (C=O) groups is 6. The number of hydrogen-bond donors (Lipinski definition) is 7. The molecule has 0 saturated carbocycles. The zero-order chi connectivity index (χ0) is 67.2. The molecule has 30 nitrogen and oxygen atoms in total. The van der Waals surface area contributed by atoms with Crippen LogP contribution in [0, 0.1) is 0 Å². The molecule has 0 bridgehead atoms. The molecule has 8 rings (SSSR count). The van der Waals surface area contributed by atoms with E-state index in [1.807, 2.05) is 24.3 Å². The van der Waals surface area contributed by atoms with Crippen molar-refractivity contribution < 1.29 is 69.3 Å². The Balaban J connectivity index is 0.761. The largest absolute Gasteiger partial charge is 0.510 e. The van der Waals surface area contributed by atoms with Crippen molar-refractivity contribution in [3.63, 3.8) is 0 Å². The number of pyridine rings is 2. The molecule has 4 aromatic heterocycles. The number of anilines is 1.